The number of benzene rings is 2. The fourth-order valence-corrected chi connectivity index (χ4v) is 3.45. The maximum Gasteiger partial charge on any atom is 0.230 e. The van der Waals surface area contributed by atoms with Crippen LogP contribution in [0.3, 0.4) is 0 Å². The van der Waals surface area contributed by atoms with Crippen molar-refractivity contribution >= 4 is 5.78 Å². The Balaban J connectivity index is 1.87. The van der Waals surface area contributed by atoms with Crippen molar-refractivity contribution in [3.63, 3.8) is 0 Å². The molecule has 0 spiro atoms. The minimum absolute atomic E-state index is 0.266. The summed E-state index contributed by atoms with van der Waals surface area (Å²) in [7, 11) is 3.21. The van der Waals surface area contributed by atoms with Crippen LogP contribution in [0.1, 0.15) is 16.2 Å². The Morgan fingerprint density at radius 2 is 1.00 bits per heavy atom. The summed E-state index contributed by atoms with van der Waals surface area (Å²) in [5.74, 6) is 1.08. The van der Waals surface area contributed by atoms with Gasteiger partial charge < -0.3 is 9.47 Å². The molecule has 0 saturated heterocycles. The molecule has 0 aliphatic carbocycles. The SMILES string of the molecule is COc1ccccc1-c1cccnc1C(=O)c1ncccc1-c1ccccc1OC. The normalized spacial score (nSPS) is 10.5. The molecule has 0 radical (unpaired) electrons. The Kier molecular flexibility index (Phi) is 5.52. The molecule has 0 aliphatic heterocycles. The van der Waals surface area contributed by atoms with Crippen LogP contribution in [0.4, 0.5) is 0 Å². The quantitative estimate of drug-likeness (QED) is 0.426. The maximum absolute atomic E-state index is 13.6. The van der Waals surface area contributed by atoms with Gasteiger partial charge in [-0.3, -0.25) is 14.8 Å². The Morgan fingerprint density at radius 3 is 1.43 bits per heavy atom. The lowest BCUT2D eigenvalue weighted by Crippen LogP contribution is -2.10. The van der Waals surface area contributed by atoms with Crippen LogP contribution in [0.25, 0.3) is 22.3 Å². The van der Waals surface area contributed by atoms with Crippen molar-refractivity contribution in [2.45, 2.75) is 0 Å². The van der Waals surface area contributed by atoms with Crippen LogP contribution in [0.2, 0.25) is 0 Å². The molecule has 0 amide bonds. The first-order valence-electron chi connectivity index (χ1n) is 9.46. The zero-order chi connectivity index (χ0) is 20.9. The number of ether oxygens (including phenoxy) is 2. The van der Waals surface area contributed by atoms with Gasteiger partial charge in [-0.2, -0.15) is 0 Å². The summed E-state index contributed by atoms with van der Waals surface area (Å²) in [6.07, 6.45) is 3.22. The Hall–Kier alpha value is -3.99. The van der Waals surface area contributed by atoms with Gasteiger partial charge in [0, 0.05) is 34.6 Å². The predicted molar refractivity (Wildman–Crippen MR) is 116 cm³/mol. The van der Waals surface area contributed by atoms with Crippen LogP contribution in [-0.2, 0) is 0 Å². The number of hydrogen-bond acceptors (Lipinski definition) is 5. The van der Waals surface area contributed by atoms with E-state index in [0.29, 0.717) is 34.0 Å². The average molecular weight is 396 g/mol. The number of hydrogen-bond donors (Lipinski definition) is 0. The third kappa shape index (κ3) is 3.53. The Morgan fingerprint density at radius 1 is 0.600 bits per heavy atom. The van der Waals surface area contributed by atoms with E-state index in [0.717, 1.165) is 11.1 Å². The van der Waals surface area contributed by atoms with Crippen LogP contribution in [-0.4, -0.2) is 30.0 Å². The number of carbonyl (C=O) groups excluding carboxylic acids is 1. The number of nitrogens with zero attached hydrogens (tertiary/aromatic N) is 2. The van der Waals surface area contributed by atoms with Crippen LogP contribution in [0, 0.1) is 0 Å². The van der Waals surface area contributed by atoms with E-state index in [2.05, 4.69) is 9.97 Å². The predicted octanol–water partition coefficient (Wildman–Crippen LogP) is 5.06. The first-order chi connectivity index (χ1) is 14.7. The van der Waals surface area contributed by atoms with Gasteiger partial charge in [-0.1, -0.05) is 48.5 Å². The third-order valence-corrected chi connectivity index (χ3v) is 4.84. The number of rotatable bonds is 6. The number of ketones is 1. The van der Waals surface area contributed by atoms with Crippen molar-refractivity contribution in [3.05, 3.63) is 96.6 Å². The molecule has 0 atom stereocenters. The highest BCUT2D eigenvalue weighted by Crippen LogP contribution is 2.35. The average Bonchev–Trinajstić information content (AvgIpc) is 2.83. The number of aromatic nitrogens is 2. The first-order valence-corrected chi connectivity index (χ1v) is 9.46. The topological polar surface area (TPSA) is 61.3 Å². The number of carbonyl (C=O) groups is 1. The summed E-state index contributed by atoms with van der Waals surface area (Å²) in [5, 5.41) is 0. The van der Waals surface area contributed by atoms with E-state index >= 15 is 0 Å². The molecule has 30 heavy (non-hydrogen) atoms. The second-order valence-corrected chi connectivity index (χ2v) is 6.53. The summed E-state index contributed by atoms with van der Waals surface area (Å²) >= 11 is 0. The summed E-state index contributed by atoms with van der Waals surface area (Å²) in [4.78, 5) is 22.4. The lowest BCUT2D eigenvalue weighted by Gasteiger charge is -2.14. The second-order valence-electron chi connectivity index (χ2n) is 6.53. The lowest BCUT2D eigenvalue weighted by molar-refractivity contribution is 0.103. The molecule has 0 fully saturated rings. The molecule has 0 unspecified atom stereocenters. The van der Waals surface area contributed by atoms with Gasteiger partial charge in [0.15, 0.2) is 0 Å². The highest BCUT2D eigenvalue weighted by atomic mass is 16.5. The summed E-state index contributed by atoms with van der Waals surface area (Å²) in [5.41, 5.74) is 3.61. The van der Waals surface area contributed by atoms with Gasteiger partial charge in [0.05, 0.1) is 14.2 Å². The molecule has 0 saturated carbocycles. The molecule has 4 rings (SSSR count). The van der Waals surface area contributed by atoms with Gasteiger partial charge in [0.2, 0.25) is 5.78 Å². The molecular weight excluding hydrogens is 376 g/mol. The smallest absolute Gasteiger partial charge is 0.230 e. The van der Waals surface area contributed by atoms with Gasteiger partial charge in [-0.25, -0.2) is 0 Å². The van der Waals surface area contributed by atoms with E-state index in [1.54, 1.807) is 38.7 Å². The fourth-order valence-electron chi connectivity index (χ4n) is 3.45. The maximum atomic E-state index is 13.6. The summed E-state index contributed by atoms with van der Waals surface area (Å²) in [6, 6.07) is 22.5. The van der Waals surface area contributed by atoms with E-state index in [4.69, 9.17) is 9.47 Å². The van der Waals surface area contributed by atoms with Gasteiger partial charge in [0.25, 0.3) is 0 Å². The van der Waals surface area contributed by atoms with Gasteiger partial charge in [0.1, 0.15) is 22.9 Å². The molecular formula is C25H20N2O3. The third-order valence-electron chi connectivity index (χ3n) is 4.84. The number of methoxy groups -OCH3 is 2. The van der Waals surface area contributed by atoms with E-state index < -0.39 is 0 Å². The van der Waals surface area contributed by atoms with Gasteiger partial charge in [-0.15, -0.1) is 0 Å². The lowest BCUT2D eigenvalue weighted by atomic mass is 9.95. The highest BCUT2D eigenvalue weighted by Gasteiger charge is 2.23. The van der Waals surface area contributed by atoms with Gasteiger partial charge >= 0.3 is 0 Å². The van der Waals surface area contributed by atoms with Crippen molar-refractivity contribution in [3.8, 4) is 33.8 Å². The summed E-state index contributed by atoms with van der Waals surface area (Å²) in [6.45, 7) is 0. The van der Waals surface area contributed by atoms with Crippen LogP contribution >= 0.6 is 0 Å². The zero-order valence-electron chi connectivity index (χ0n) is 16.7. The molecule has 2 aromatic heterocycles. The van der Waals surface area contributed by atoms with E-state index in [9.17, 15) is 4.79 Å². The molecule has 5 heteroatoms. The highest BCUT2D eigenvalue weighted by molar-refractivity contribution is 6.14. The molecule has 0 N–H and O–H groups in total. The first kappa shape index (κ1) is 19.3. The Bertz CT molecular complexity index is 1110. The number of pyridine rings is 2. The van der Waals surface area contributed by atoms with Crippen LogP contribution < -0.4 is 9.47 Å². The Labute approximate surface area is 175 Å². The molecule has 4 aromatic rings. The van der Waals surface area contributed by atoms with E-state index in [1.807, 2.05) is 60.7 Å². The van der Waals surface area contributed by atoms with Crippen molar-refractivity contribution < 1.29 is 14.3 Å². The molecule has 5 nitrogen and oxygen atoms in total. The molecule has 2 heterocycles. The van der Waals surface area contributed by atoms with Crippen molar-refractivity contribution in [1.29, 1.82) is 0 Å². The molecule has 2 aromatic carbocycles. The minimum Gasteiger partial charge on any atom is -0.496 e. The monoisotopic (exact) mass is 396 g/mol. The van der Waals surface area contributed by atoms with Crippen LogP contribution in [0.5, 0.6) is 11.5 Å². The molecule has 148 valence electrons. The number of para-hydroxylation sites is 2. The van der Waals surface area contributed by atoms with Crippen molar-refractivity contribution in [2.75, 3.05) is 14.2 Å². The molecule has 0 bridgehead atoms. The largest absolute Gasteiger partial charge is 0.496 e. The van der Waals surface area contributed by atoms with Crippen molar-refractivity contribution in [2.24, 2.45) is 0 Å². The fraction of sp³-hybridized carbons (Fsp3) is 0.0800. The van der Waals surface area contributed by atoms with Crippen LogP contribution in [0.15, 0.2) is 85.2 Å². The van der Waals surface area contributed by atoms with E-state index in [-0.39, 0.29) is 5.78 Å². The standard InChI is InChI=1S/C25H20N2O3/c1-29-21-13-5-3-9-17(21)19-11-7-15-26-23(19)25(28)24-20(12-8-16-27-24)18-10-4-6-14-22(18)30-2/h3-16H,1-2H3. The van der Waals surface area contributed by atoms with E-state index in [1.165, 1.54) is 0 Å². The van der Waals surface area contributed by atoms with Gasteiger partial charge in [-0.05, 0) is 24.3 Å². The summed E-state index contributed by atoms with van der Waals surface area (Å²) < 4.78 is 11.0. The molecule has 0 aliphatic rings. The second kappa shape index (κ2) is 8.57. The zero-order valence-corrected chi connectivity index (χ0v) is 16.7. The van der Waals surface area contributed by atoms with Crippen molar-refractivity contribution in [1.82, 2.24) is 9.97 Å². The minimum atomic E-state index is -0.266.